The SMILES string of the molecule is c1ccc(-c2ccc(N(c3cccc(C4(c5ccccc5)c5ccccc5Oc5ccccc54)c3)c3ccc4c(ccc5ccccc54)c3)cc2)cc1. The second kappa shape index (κ2) is 12.7. The summed E-state index contributed by atoms with van der Waals surface area (Å²) in [7, 11) is 0. The average molecular weight is 678 g/mol. The lowest BCUT2D eigenvalue weighted by Crippen LogP contribution is -2.34. The van der Waals surface area contributed by atoms with Gasteiger partial charge in [0.05, 0.1) is 5.41 Å². The molecule has 0 N–H and O–H groups in total. The average Bonchev–Trinajstić information content (AvgIpc) is 3.24. The Morgan fingerprint density at radius 3 is 1.64 bits per heavy atom. The molecule has 2 nitrogen and oxygen atoms in total. The molecule has 0 radical (unpaired) electrons. The molecule has 250 valence electrons. The van der Waals surface area contributed by atoms with Crippen LogP contribution in [0.25, 0.3) is 32.7 Å². The van der Waals surface area contributed by atoms with Crippen molar-refractivity contribution in [1.82, 2.24) is 0 Å². The van der Waals surface area contributed by atoms with Gasteiger partial charge in [0.15, 0.2) is 0 Å². The van der Waals surface area contributed by atoms with Gasteiger partial charge in [-0.1, -0.05) is 164 Å². The number of benzene rings is 9. The maximum Gasteiger partial charge on any atom is 0.132 e. The molecule has 0 aliphatic carbocycles. The van der Waals surface area contributed by atoms with Crippen LogP contribution in [0.2, 0.25) is 0 Å². The van der Waals surface area contributed by atoms with Crippen LogP contribution < -0.4 is 9.64 Å². The Bertz CT molecular complexity index is 2710. The third kappa shape index (κ3) is 5.11. The molecule has 0 amide bonds. The molecular formula is C51H35NO. The molecule has 0 fully saturated rings. The summed E-state index contributed by atoms with van der Waals surface area (Å²) in [5, 5.41) is 4.96. The Hall–Kier alpha value is -6.90. The zero-order chi connectivity index (χ0) is 35.2. The van der Waals surface area contributed by atoms with Crippen molar-refractivity contribution in [3.8, 4) is 22.6 Å². The second-order valence-electron chi connectivity index (χ2n) is 13.7. The van der Waals surface area contributed by atoms with Gasteiger partial charge in [-0.05, 0) is 92.3 Å². The van der Waals surface area contributed by atoms with Gasteiger partial charge in [-0.25, -0.2) is 0 Å². The fourth-order valence-corrected chi connectivity index (χ4v) is 8.37. The van der Waals surface area contributed by atoms with Crippen molar-refractivity contribution in [3.05, 3.63) is 235 Å². The van der Waals surface area contributed by atoms with E-state index in [2.05, 4.69) is 217 Å². The molecule has 9 aromatic carbocycles. The number of ether oxygens (including phenoxy) is 1. The Kier molecular flexibility index (Phi) is 7.40. The van der Waals surface area contributed by atoms with E-state index in [1.54, 1.807) is 0 Å². The molecule has 0 spiro atoms. The van der Waals surface area contributed by atoms with Crippen molar-refractivity contribution in [2.45, 2.75) is 5.41 Å². The maximum absolute atomic E-state index is 6.60. The third-order valence-electron chi connectivity index (χ3n) is 10.8. The molecule has 1 aliphatic rings. The van der Waals surface area contributed by atoms with Crippen molar-refractivity contribution in [1.29, 1.82) is 0 Å². The second-order valence-corrected chi connectivity index (χ2v) is 13.7. The lowest BCUT2D eigenvalue weighted by Gasteiger charge is -2.42. The van der Waals surface area contributed by atoms with E-state index in [0.29, 0.717) is 0 Å². The predicted molar refractivity (Wildman–Crippen MR) is 220 cm³/mol. The zero-order valence-electron chi connectivity index (χ0n) is 29.1. The van der Waals surface area contributed by atoms with Gasteiger partial charge < -0.3 is 9.64 Å². The van der Waals surface area contributed by atoms with Gasteiger partial charge in [0.25, 0.3) is 0 Å². The predicted octanol–water partition coefficient (Wildman–Crippen LogP) is 13.6. The molecule has 9 aromatic rings. The highest BCUT2D eigenvalue weighted by atomic mass is 16.5. The van der Waals surface area contributed by atoms with Crippen LogP contribution in [0.5, 0.6) is 11.5 Å². The van der Waals surface area contributed by atoms with Gasteiger partial charge in [-0.15, -0.1) is 0 Å². The van der Waals surface area contributed by atoms with E-state index in [1.165, 1.54) is 43.8 Å². The number of para-hydroxylation sites is 2. The van der Waals surface area contributed by atoms with Crippen LogP contribution in [0.1, 0.15) is 22.3 Å². The van der Waals surface area contributed by atoms with Gasteiger partial charge in [0.1, 0.15) is 11.5 Å². The zero-order valence-corrected chi connectivity index (χ0v) is 29.1. The third-order valence-corrected chi connectivity index (χ3v) is 10.8. The van der Waals surface area contributed by atoms with Crippen LogP contribution in [0.3, 0.4) is 0 Å². The monoisotopic (exact) mass is 677 g/mol. The lowest BCUT2D eigenvalue weighted by molar-refractivity contribution is 0.434. The van der Waals surface area contributed by atoms with Gasteiger partial charge in [-0.3, -0.25) is 0 Å². The maximum atomic E-state index is 6.60. The minimum absolute atomic E-state index is 0.617. The summed E-state index contributed by atoms with van der Waals surface area (Å²) in [4.78, 5) is 2.39. The fourth-order valence-electron chi connectivity index (χ4n) is 8.37. The molecule has 0 saturated heterocycles. The highest BCUT2D eigenvalue weighted by Gasteiger charge is 2.45. The van der Waals surface area contributed by atoms with E-state index in [-0.39, 0.29) is 0 Å². The molecule has 0 saturated carbocycles. The summed E-state index contributed by atoms with van der Waals surface area (Å²) in [6.07, 6.45) is 0. The Labute approximate surface area is 309 Å². The van der Waals surface area contributed by atoms with Crippen LogP contribution in [-0.4, -0.2) is 0 Å². The summed E-state index contributed by atoms with van der Waals surface area (Å²) in [5.41, 5.74) is 9.64. The van der Waals surface area contributed by atoms with Crippen molar-refractivity contribution in [2.24, 2.45) is 0 Å². The highest BCUT2D eigenvalue weighted by molar-refractivity contribution is 6.08. The van der Waals surface area contributed by atoms with Gasteiger partial charge in [0.2, 0.25) is 0 Å². The smallest absolute Gasteiger partial charge is 0.132 e. The summed E-state index contributed by atoms with van der Waals surface area (Å²) in [6, 6.07) is 76.4. The number of hydrogen-bond donors (Lipinski definition) is 0. The molecule has 2 heteroatoms. The Morgan fingerprint density at radius 1 is 0.340 bits per heavy atom. The van der Waals surface area contributed by atoms with Gasteiger partial charge >= 0.3 is 0 Å². The first kappa shape index (κ1) is 30.9. The van der Waals surface area contributed by atoms with Crippen molar-refractivity contribution in [3.63, 3.8) is 0 Å². The van der Waals surface area contributed by atoms with Crippen LogP contribution in [0, 0.1) is 0 Å². The molecule has 1 aliphatic heterocycles. The minimum Gasteiger partial charge on any atom is -0.457 e. The van der Waals surface area contributed by atoms with Crippen molar-refractivity contribution >= 4 is 38.6 Å². The number of rotatable bonds is 6. The normalized spacial score (nSPS) is 12.8. The first-order valence-corrected chi connectivity index (χ1v) is 18.2. The molecular weight excluding hydrogens is 643 g/mol. The number of anilines is 3. The first-order chi connectivity index (χ1) is 26.3. The Balaban J connectivity index is 1.21. The van der Waals surface area contributed by atoms with E-state index >= 15 is 0 Å². The molecule has 0 aromatic heterocycles. The summed E-state index contributed by atoms with van der Waals surface area (Å²) < 4.78 is 6.60. The van der Waals surface area contributed by atoms with E-state index < -0.39 is 5.41 Å². The number of nitrogens with zero attached hydrogens (tertiary/aromatic N) is 1. The quantitative estimate of drug-likeness (QED) is 0.162. The van der Waals surface area contributed by atoms with E-state index in [1.807, 2.05) is 0 Å². The van der Waals surface area contributed by atoms with E-state index in [4.69, 9.17) is 4.74 Å². The van der Waals surface area contributed by atoms with Gasteiger partial charge in [0, 0.05) is 28.2 Å². The fraction of sp³-hybridized carbons (Fsp3) is 0.0196. The molecule has 1 heterocycles. The largest absolute Gasteiger partial charge is 0.457 e. The van der Waals surface area contributed by atoms with Crippen LogP contribution in [0.4, 0.5) is 17.1 Å². The lowest BCUT2D eigenvalue weighted by atomic mass is 9.63. The molecule has 53 heavy (non-hydrogen) atoms. The molecule has 0 atom stereocenters. The highest BCUT2D eigenvalue weighted by Crippen LogP contribution is 2.55. The summed E-state index contributed by atoms with van der Waals surface area (Å²) in [6.45, 7) is 0. The van der Waals surface area contributed by atoms with Crippen molar-refractivity contribution < 1.29 is 4.74 Å². The van der Waals surface area contributed by atoms with Crippen LogP contribution in [-0.2, 0) is 5.41 Å². The van der Waals surface area contributed by atoms with Crippen LogP contribution in [0.15, 0.2) is 212 Å². The van der Waals surface area contributed by atoms with E-state index in [0.717, 1.165) is 39.7 Å². The van der Waals surface area contributed by atoms with E-state index in [9.17, 15) is 0 Å². The van der Waals surface area contributed by atoms with Gasteiger partial charge in [-0.2, -0.15) is 0 Å². The standard InChI is InChI=1S/C51H35NO/c1-3-14-36(15-4-1)37-28-30-42(31-29-37)52(44-32-33-46-39(34-44)27-26-38-16-7-8-21-45(38)46)43-20-13-19-41(35-43)51(40-17-5-2-6-18-40)47-22-9-11-24-49(47)53-50-25-12-10-23-48(50)51/h1-35H. The molecule has 10 rings (SSSR count). The molecule has 0 unspecified atom stereocenters. The topological polar surface area (TPSA) is 12.5 Å². The molecule has 0 bridgehead atoms. The Morgan fingerprint density at radius 2 is 0.887 bits per heavy atom. The van der Waals surface area contributed by atoms with Crippen LogP contribution >= 0.6 is 0 Å². The van der Waals surface area contributed by atoms with Crippen molar-refractivity contribution in [2.75, 3.05) is 4.90 Å². The first-order valence-electron chi connectivity index (χ1n) is 18.2. The number of hydrogen-bond acceptors (Lipinski definition) is 2. The minimum atomic E-state index is -0.617. The summed E-state index contributed by atoms with van der Waals surface area (Å²) in [5.74, 6) is 1.74. The number of fused-ring (bicyclic) bond motifs is 5. The summed E-state index contributed by atoms with van der Waals surface area (Å²) >= 11 is 0.